The van der Waals surface area contributed by atoms with Crippen LogP contribution in [0.2, 0.25) is 0 Å². The van der Waals surface area contributed by atoms with E-state index < -0.39 is 0 Å². The van der Waals surface area contributed by atoms with Gasteiger partial charge >= 0.3 is 0 Å². The second-order valence-electron chi connectivity index (χ2n) is 4.86. The Hall–Kier alpha value is -2.17. The molecular formula is C15H19N3O2. The van der Waals surface area contributed by atoms with Crippen LogP contribution in [0.1, 0.15) is 36.5 Å². The van der Waals surface area contributed by atoms with Crippen molar-refractivity contribution in [3.63, 3.8) is 0 Å². The van der Waals surface area contributed by atoms with Crippen LogP contribution in [0.15, 0.2) is 34.9 Å². The van der Waals surface area contributed by atoms with Crippen LogP contribution >= 0.6 is 0 Å². The van der Waals surface area contributed by atoms with Gasteiger partial charge < -0.3 is 9.84 Å². The van der Waals surface area contributed by atoms with Crippen molar-refractivity contribution < 1.29 is 9.32 Å². The van der Waals surface area contributed by atoms with Gasteiger partial charge in [-0.15, -0.1) is 0 Å². The summed E-state index contributed by atoms with van der Waals surface area (Å²) in [7, 11) is 0. The fourth-order valence-corrected chi connectivity index (χ4v) is 2.00. The number of nitrogens with one attached hydrogen (secondary N) is 1. The molecule has 5 nitrogen and oxygen atoms in total. The lowest BCUT2D eigenvalue weighted by Gasteiger charge is -2.12. The van der Waals surface area contributed by atoms with Gasteiger partial charge in [-0.2, -0.15) is 4.98 Å². The molecule has 0 fully saturated rings. The highest BCUT2D eigenvalue weighted by atomic mass is 16.5. The monoisotopic (exact) mass is 273 g/mol. The topological polar surface area (TPSA) is 68.0 Å². The second-order valence-corrected chi connectivity index (χ2v) is 4.86. The number of rotatable bonds is 6. The van der Waals surface area contributed by atoms with Crippen molar-refractivity contribution in [3.8, 4) is 0 Å². The van der Waals surface area contributed by atoms with Crippen molar-refractivity contribution in [2.24, 2.45) is 0 Å². The maximum absolute atomic E-state index is 11.7. The molecule has 0 saturated heterocycles. The fraction of sp³-hybridized carbons (Fsp3) is 0.400. The lowest BCUT2D eigenvalue weighted by Crippen LogP contribution is -2.27. The van der Waals surface area contributed by atoms with Crippen LogP contribution < -0.4 is 5.32 Å². The molecule has 0 spiro atoms. The molecule has 1 amide bonds. The Morgan fingerprint density at radius 2 is 2.10 bits per heavy atom. The predicted octanol–water partition coefficient (Wildman–Crippen LogP) is 2.23. The van der Waals surface area contributed by atoms with Crippen molar-refractivity contribution in [3.05, 3.63) is 47.6 Å². The normalized spacial score (nSPS) is 12.1. The summed E-state index contributed by atoms with van der Waals surface area (Å²) >= 11 is 0. The van der Waals surface area contributed by atoms with Crippen LogP contribution in [0.25, 0.3) is 0 Å². The van der Waals surface area contributed by atoms with E-state index in [1.165, 1.54) is 5.56 Å². The van der Waals surface area contributed by atoms with Crippen molar-refractivity contribution in [2.45, 2.75) is 32.6 Å². The number of amides is 1. The molecular weight excluding hydrogens is 254 g/mol. The van der Waals surface area contributed by atoms with Crippen molar-refractivity contribution in [1.82, 2.24) is 15.5 Å². The summed E-state index contributed by atoms with van der Waals surface area (Å²) in [5.74, 6) is 1.25. The average Bonchev–Trinajstić information content (AvgIpc) is 2.85. The first-order valence-electron chi connectivity index (χ1n) is 6.76. The molecule has 0 aliphatic carbocycles. The van der Waals surface area contributed by atoms with Gasteiger partial charge in [0.1, 0.15) is 0 Å². The number of hydrogen-bond donors (Lipinski definition) is 1. The number of nitrogens with zero attached hydrogens (tertiary/aromatic N) is 2. The molecule has 2 rings (SSSR count). The zero-order valence-corrected chi connectivity index (χ0v) is 11.8. The van der Waals surface area contributed by atoms with Gasteiger partial charge in [-0.3, -0.25) is 4.79 Å². The van der Waals surface area contributed by atoms with Crippen LogP contribution in [-0.4, -0.2) is 22.6 Å². The number of hydrogen-bond acceptors (Lipinski definition) is 4. The van der Waals surface area contributed by atoms with Crippen LogP contribution in [0.3, 0.4) is 0 Å². The zero-order valence-electron chi connectivity index (χ0n) is 11.8. The van der Waals surface area contributed by atoms with Crippen LogP contribution in [-0.2, 0) is 11.2 Å². The number of benzene rings is 1. The van der Waals surface area contributed by atoms with E-state index in [-0.39, 0.29) is 12.3 Å². The molecule has 5 heteroatoms. The first-order chi connectivity index (χ1) is 9.65. The zero-order chi connectivity index (χ0) is 14.4. The Morgan fingerprint density at radius 3 is 2.75 bits per heavy atom. The molecule has 1 aromatic carbocycles. The molecule has 0 aliphatic rings. The molecule has 1 heterocycles. The van der Waals surface area contributed by atoms with E-state index in [0.717, 1.165) is 6.42 Å². The molecule has 20 heavy (non-hydrogen) atoms. The third-order valence-corrected chi connectivity index (χ3v) is 3.16. The second kappa shape index (κ2) is 6.84. The van der Waals surface area contributed by atoms with Gasteiger partial charge in [0.2, 0.25) is 11.8 Å². The van der Waals surface area contributed by atoms with Gasteiger partial charge in [0.15, 0.2) is 5.82 Å². The molecule has 0 radical (unpaired) electrons. The summed E-state index contributed by atoms with van der Waals surface area (Å²) < 4.78 is 4.82. The minimum Gasteiger partial charge on any atom is -0.356 e. The smallest absolute Gasteiger partial charge is 0.227 e. The highest BCUT2D eigenvalue weighted by Crippen LogP contribution is 2.17. The van der Waals surface area contributed by atoms with Crippen molar-refractivity contribution in [2.75, 3.05) is 6.54 Å². The summed E-state index contributed by atoms with van der Waals surface area (Å²) in [4.78, 5) is 15.7. The molecule has 1 aromatic heterocycles. The van der Waals surface area contributed by atoms with E-state index in [2.05, 4.69) is 34.5 Å². The molecule has 1 N–H and O–H groups in total. The highest BCUT2D eigenvalue weighted by Gasteiger charge is 2.10. The van der Waals surface area contributed by atoms with Gasteiger partial charge in [-0.25, -0.2) is 0 Å². The molecule has 1 unspecified atom stereocenters. The Balaban J connectivity index is 1.71. The number of carbonyl (C=O) groups is 1. The Morgan fingerprint density at radius 1 is 1.35 bits per heavy atom. The van der Waals surface area contributed by atoms with E-state index in [1.54, 1.807) is 6.92 Å². The summed E-state index contributed by atoms with van der Waals surface area (Å²) in [5.41, 5.74) is 1.29. The standard InChI is InChI=1S/C15H19N3O2/c1-11(13-6-4-3-5-7-13)8-9-16-15(19)10-14-17-12(2)20-18-14/h3-7,11H,8-10H2,1-2H3,(H,16,19). The average molecular weight is 273 g/mol. The highest BCUT2D eigenvalue weighted by molar-refractivity contribution is 5.77. The molecule has 0 aliphatic heterocycles. The Labute approximate surface area is 118 Å². The first-order valence-corrected chi connectivity index (χ1v) is 6.76. The van der Waals surface area contributed by atoms with E-state index >= 15 is 0 Å². The SMILES string of the molecule is Cc1nc(CC(=O)NCCC(C)c2ccccc2)no1. The molecule has 0 bridgehead atoms. The van der Waals surface area contributed by atoms with Gasteiger partial charge in [0.05, 0.1) is 6.42 Å². The molecule has 0 saturated carbocycles. The first kappa shape index (κ1) is 14.2. The van der Waals surface area contributed by atoms with E-state index in [1.807, 2.05) is 18.2 Å². The Kier molecular flexibility index (Phi) is 4.87. The van der Waals surface area contributed by atoms with E-state index in [0.29, 0.717) is 24.2 Å². The van der Waals surface area contributed by atoms with Gasteiger partial charge in [0, 0.05) is 13.5 Å². The maximum Gasteiger partial charge on any atom is 0.227 e. The van der Waals surface area contributed by atoms with Gasteiger partial charge in [-0.1, -0.05) is 42.4 Å². The van der Waals surface area contributed by atoms with Crippen LogP contribution in [0.4, 0.5) is 0 Å². The number of carbonyl (C=O) groups excluding carboxylic acids is 1. The lowest BCUT2D eigenvalue weighted by atomic mass is 9.98. The molecule has 106 valence electrons. The summed E-state index contributed by atoms with van der Waals surface area (Å²) in [5, 5.41) is 6.58. The molecule has 1 atom stereocenters. The molecule has 2 aromatic rings. The van der Waals surface area contributed by atoms with Crippen molar-refractivity contribution in [1.29, 1.82) is 0 Å². The minimum atomic E-state index is -0.0777. The fourth-order valence-electron chi connectivity index (χ4n) is 2.00. The lowest BCUT2D eigenvalue weighted by molar-refractivity contribution is -0.120. The van der Waals surface area contributed by atoms with E-state index in [9.17, 15) is 4.79 Å². The Bertz CT molecular complexity index is 551. The van der Waals surface area contributed by atoms with Crippen LogP contribution in [0, 0.1) is 6.92 Å². The number of aromatic nitrogens is 2. The van der Waals surface area contributed by atoms with E-state index in [4.69, 9.17) is 4.52 Å². The summed E-state index contributed by atoms with van der Waals surface area (Å²) in [6, 6.07) is 10.3. The maximum atomic E-state index is 11.7. The summed E-state index contributed by atoms with van der Waals surface area (Å²) in [6.07, 6.45) is 1.07. The van der Waals surface area contributed by atoms with Crippen molar-refractivity contribution >= 4 is 5.91 Å². The predicted molar refractivity (Wildman–Crippen MR) is 75.2 cm³/mol. The number of aryl methyl sites for hydroxylation is 1. The largest absolute Gasteiger partial charge is 0.356 e. The summed E-state index contributed by atoms with van der Waals surface area (Å²) in [6.45, 7) is 4.51. The minimum absolute atomic E-state index is 0.0777. The quantitative estimate of drug-likeness (QED) is 0.876. The van der Waals surface area contributed by atoms with Crippen LogP contribution in [0.5, 0.6) is 0 Å². The third kappa shape index (κ3) is 4.19. The van der Waals surface area contributed by atoms with Gasteiger partial charge in [0.25, 0.3) is 0 Å². The third-order valence-electron chi connectivity index (χ3n) is 3.16. The van der Waals surface area contributed by atoms with Gasteiger partial charge in [-0.05, 0) is 17.9 Å².